The van der Waals surface area contributed by atoms with Crippen LogP contribution in [0.25, 0.3) is 0 Å². The van der Waals surface area contributed by atoms with Crippen LogP contribution in [0.3, 0.4) is 0 Å². The summed E-state index contributed by atoms with van der Waals surface area (Å²) in [6, 6.07) is 0. The summed E-state index contributed by atoms with van der Waals surface area (Å²) < 4.78 is 12.3. The molecule has 2 saturated heterocycles. The molecule has 160 valence electrons. The van der Waals surface area contributed by atoms with E-state index in [0.29, 0.717) is 17.8 Å². The van der Waals surface area contributed by atoms with E-state index in [1.807, 2.05) is 0 Å². The number of carbonyl (C=O) groups excluding carboxylic acids is 2. The summed E-state index contributed by atoms with van der Waals surface area (Å²) in [7, 11) is 0. The van der Waals surface area contributed by atoms with Gasteiger partial charge >= 0.3 is 17.1 Å². The average molecular weight is 411 g/mol. The first-order valence-corrected chi connectivity index (χ1v) is 9.70. The molecule has 2 aliphatic heterocycles. The third-order valence-corrected chi connectivity index (χ3v) is 5.14. The van der Waals surface area contributed by atoms with Crippen molar-refractivity contribution in [2.24, 2.45) is 5.92 Å². The number of rotatable bonds is 11. The van der Waals surface area contributed by atoms with E-state index in [0.717, 1.165) is 9.13 Å². The van der Waals surface area contributed by atoms with Crippen LogP contribution in [0.1, 0.15) is 39.3 Å². The number of aromatic nitrogens is 3. The van der Waals surface area contributed by atoms with E-state index >= 15 is 0 Å². The Hall–Kier alpha value is -2.37. The minimum Gasteiger partial charge on any atom is -0.372 e. The molecule has 4 atom stereocenters. The molecular formula is C18H25N3O8. The first-order chi connectivity index (χ1) is 13.8. The number of epoxide rings is 2. The predicted molar refractivity (Wildman–Crippen MR) is 98.7 cm³/mol. The Labute approximate surface area is 165 Å². The summed E-state index contributed by atoms with van der Waals surface area (Å²) in [5.41, 5.74) is -2.89. The molecule has 0 spiro atoms. The van der Waals surface area contributed by atoms with E-state index in [-0.39, 0.29) is 50.3 Å². The molecule has 0 amide bonds. The lowest BCUT2D eigenvalue weighted by atomic mass is 9.93. The molecule has 0 radical (unpaired) electrons. The van der Waals surface area contributed by atoms with Crippen LogP contribution in [0, 0.1) is 5.92 Å². The highest BCUT2D eigenvalue weighted by Crippen LogP contribution is 2.20. The number of nitrogens with zero attached hydrogens (tertiary/aromatic N) is 3. The Kier molecular flexibility index (Phi) is 6.30. The maximum absolute atomic E-state index is 12.9. The standard InChI is InChI=1S/C18H25N3O8/c1-3-10(22)5-13(14(23)4-2)15(24)21-17(26)19(6-11-8-28-11)16(25)20(18(21)27)7-12-9-29-12/h11-13,15,24H,3-9H2,1-2H3. The van der Waals surface area contributed by atoms with Gasteiger partial charge in [-0.3, -0.25) is 9.59 Å². The number of hydrogen-bond donors (Lipinski definition) is 1. The molecule has 0 aliphatic carbocycles. The highest BCUT2D eigenvalue weighted by Gasteiger charge is 2.35. The number of carbonyl (C=O) groups is 2. The topological polar surface area (TPSA) is 145 Å². The van der Waals surface area contributed by atoms with E-state index in [2.05, 4.69) is 0 Å². The zero-order valence-corrected chi connectivity index (χ0v) is 16.4. The van der Waals surface area contributed by atoms with Crippen LogP contribution in [-0.4, -0.2) is 55.8 Å². The van der Waals surface area contributed by atoms with Crippen LogP contribution in [0.15, 0.2) is 14.4 Å². The number of ether oxygens (including phenoxy) is 2. The smallest absolute Gasteiger partial charge is 0.338 e. The molecular weight excluding hydrogens is 386 g/mol. The van der Waals surface area contributed by atoms with Crippen molar-refractivity contribution >= 4 is 11.6 Å². The lowest BCUT2D eigenvalue weighted by Crippen LogP contribution is -2.57. The molecule has 1 aromatic heterocycles. The van der Waals surface area contributed by atoms with Gasteiger partial charge in [0, 0.05) is 19.3 Å². The van der Waals surface area contributed by atoms with Crippen molar-refractivity contribution in [2.75, 3.05) is 13.2 Å². The van der Waals surface area contributed by atoms with Gasteiger partial charge in [-0.25, -0.2) is 28.1 Å². The monoisotopic (exact) mass is 411 g/mol. The third kappa shape index (κ3) is 4.62. The number of aliphatic hydroxyl groups excluding tert-OH is 1. The first-order valence-electron chi connectivity index (χ1n) is 9.70. The highest BCUT2D eigenvalue weighted by molar-refractivity contribution is 5.87. The highest BCUT2D eigenvalue weighted by atomic mass is 16.6. The largest absolute Gasteiger partial charge is 0.372 e. The molecule has 3 heterocycles. The van der Waals surface area contributed by atoms with Crippen LogP contribution in [0.2, 0.25) is 0 Å². The van der Waals surface area contributed by atoms with Crippen LogP contribution < -0.4 is 17.1 Å². The Balaban J connectivity index is 2.10. The fourth-order valence-corrected chi connectivity index (χ4v) is 3.16. The molecule has 0 saturated carbocycles. The predicted octanol–water partition coefficient (Wildman–Crippen LogP) is -1.58. The maximum Gasteiger partial charge on any atom is 0.338 e. The number of ketones is 2. The van der Waals surface area contributed by atoms with Crippen LogP contribution in [0.4, 0.5) is 0 Å². The molecule has 3 rings (SSSR count). The summed E-state index contributed by atoms with van der Waals surface area (Å²) in [4.78, 5) is 62.8. The third-order valence-electron chi connectivity index (χ3n) is 5.14. The van der Waals surface area contributed by atoms with E-state index in [9.17, 15) is 29.1 Å². The van der Waals surface area contributed by atoms with Crippen molar-refractivity contribution < 1.29 is 24.2 Å². The Morgan fingerprint density at radius 3 is 1.83 bits per heavy atom. The van der Waals surface area contributed by atoms with Gasteiger partial charge in [-0.05, 0) is 0 Å². The van der Waals surface area contributed by atoms with Crippen molar-refractivity contribution in [3.8, 4) is 0 Å². The Morgan fingerprint density at radius 1 is 0.966 bits per heavy atom. The molecule has 1 N–H and O–H groups in total. The van der Waals surface area contributed by atoms with Crippen LogP contribution in [-0.2, 0) is 32.2 Å². The molecule has 1 aromatic rings. The summed E-state index contributed by atoms with van der Waals surface area (Å²) >= 11 is 0. The maximum atomic E-state index is 12.9. The van der Waals surface area contributed by atoms with Gasteiger partial charge in [0.15, 0.2) is 0 Å². The molecule has 0 aromatic carbocycles. The van der Waals surface area contributed by atoms with Crippen LogP contribution >= 0.6 is 0 Å². The second-order valence-electron chi connectivity index (χ2n) is 7.29. The zero-order valence-electron chi connectivity index (χ0n) is 16.4. The summed E-state index contributed by atoms with van der Waals surface area (Å²) in [6.45, 7) is 3.79. The summed E-state index contributed by atoms with van der Waals surface area (Å²) in [5.74, 6) is -1.99. The van der Waals surface area contributed by atoms with E-state index < -0.39 is 35.0 Å². The van der Waals surface area contributed by atoms with Gasteiger partial charge in [0.25, 0.3) is 0 Å². The molecule has 11 nitrogen and oxygen atoms in total. The van der Waals surface area contributed by atoms with Crippen LogP contribution in [0.5, 0.6) is 0 Å². The summed E-state index contributed by atoms with van der Waals surface area (Å²) in [6.07, 6.45) is -2.65. The number of aliphatic hydroxyl groups is 1. The normalized spacial score (nSPS) is 22.2. The molecule has 4 unspecified atom stereocenters. The van der Waals surface area contributed by atoms with Crippen molar-refractivity contribution in [3.05, 3.63) is 31.5 Å². The summed E-state index contributed by atoms with van der Waals surface area (Å²) in [5, 5.41) is 10.8. The molecule has 2 fully saturated rings. The van der Waals surface area contributed by atoms with Gasteiger partial charge in [0.1, 0.15) is 17.8 Å². The molecule has 2 aliphatic rings. The quantitative estimate of drug-likeness (QED) is 0.430. The van der Waals surface area contributed by atoms with Crippen molar-refractivity contribution in [3.63, 3.8) is 0 Å². The minimum atomic E-state index is -1.86. The molecule has 11 heteroatoms. The van der Waals surface area contributed by atoms with E-state index in [1.165, 1.54) is 0 Å². The zero-order chi connectivity index (χ0) is 21.3. The second kappa shape index (κ2) is 8.56. The second-order valence-corrected chi connectivity index (χ2v) is 7.29. The lowest BCUT2D eigenvalue weighted by molar-refractivity contribution is -0.134. The Morgan fingerprint density at radius 2 is 1.45 bits per heavy atom. The van der Waals surface area contributed by atoms with Gasteiger partial charge in [0.2, 0.25) is 0 Å². The SMILES string of the molecule is CCC(=O)CC(C(=O)CC)C(O)n1c(=O)n(CC2CO2)c(=O)n(CC2CO2)c1=O. The number of Topliss-reactive ketones (excluding diaryl/α,β-unsaturated/α-hetero) is 2. The fourth-order valence-electron chi connectivity index (χ4n) is 3.16. The van der Waals surface area contributed by atoms with Gasteiger partial charge in [-0.2, -0.15) is 0 Å². The van der Waals surface area contributed by atoms with Crippen molar-refractivity contribution in [1.29, 1.82) is 0 Å². The van der Waals surface area contributed by atoms with Gasteiger partial charge in [-0.1, -0.05) is 13.8 Å². The molecule has 0 bridgehead atoms. The van der Waals surface area contributed by atoms with E-state index in [1.54, 1.807) is 13.8 Å². The van der Waals surface area contributed by atoms with E-state index in [4.69, 9.17) is 9.47 Å². The van der Waals surface area contributed by atoms with Crippen molar-refractivity contribution in [2.45, 2.75) is 64.6 Å². The van der Waals surface area contributed by atoms with Crippen molar-refractivity contribution in [1.82, 2.24) is 13.7 Å². The molecule has 29 heavy (non-hydrogen) atoms. The fraction of sp³-hybridized carbons (Fsp3) is 0.722. The number of hydrogen-bond acceptors (Lipinski definition) is 8. The minimum absolute atomic E-state index is 0.0210. The first kappa shape index (κ1) is 21.3. The van der Waals surface area contributed by atoms with Gasteiger partial charge < -0.3 is 14.6 Å². The Bertz CT molecular complexity index is 915. The van der Waals surface area contributed by atoms with Gasteiger partial charge in [-0.15, -0.1) is 0 Å². The average Bonchev–Trinajstić information content (AvgIpc) is 3.61. The lowest BCUT2D eigenvalue weighted by Gasteiger charge is -2.23. The van der Waals surface area contributed by atoms with Gasteiger partial charge in [0.05, 0.1) is 44.4 Å².